The number of nitrogens with zero attached hydrogens (tertiary/aromatic N) is 1. The number of rotatable bonds is 4. The molecule has 0 N–H and O–H groups in total. The zero-order chi connectivity index (χ0) is 12.1. The van der Waals surface area contributed by atoms with Gasteiger partial charge in [-0.15, -0.1) is 23.1 Å². The minimum atomic E-state index is 0.766. The summed E-state index contributed by atoms with van der Waals surface area (Å²) in [6, 6.07) is 12.1. The number of ether oxygens (including phenoxy) is 1. The molecule has 4 heteroatoms. The van der Waals surface area contributed by atoms with E-state index in [1.54, 1.807) is 18.9 Å². The highest BCUT2D eigenvalue weighted by atomic mass is 32.2. The van der Waals surface area contributed by atoms with E-state index in [1.165, 1.54) is 16.9 Å². The average molecular weight is 261 g/mol. The van der Waals surface area contributed by atoms with Crippen LogP contribution in [0.1, 0.15) is 10.4 Å². The van der Waals surface area contributed by atoms with Gasteiger partial charge in [0.05, 0.1) is 7.11 Å². The molecule has 2 nitrogen and oxygen atoms in total. The van der Waals surface area contributed by atoms with E-state index in [2.05, 4.69) is 18.2 Å². The maximum Gasteiger partial charge on any atom is 0.118 e. The van der Waals surface area contributed by atoms with Crippen LogP contribution in [0.3, 0.4) is 0 Å². The Balaban J connectivity index is 1.95. The summed E-state index contributed by atoms with van der Waals surface area (Å²) in [4.78, 5) is 1.92. The van der Waals surface area contributed by atoms with E-state index >= 15 is 0 Å². The number of benzene rings is 1. The van der Waals surface area contributed by atoms with Crippen molar-refractivity contribution in [1.29, 1.82) is 5.26 Å². The van der Waals surface area contributed by atoms with Gasteiger partial charge in [-0.3, -0.25) is 0 Å². The fourth-order valence-corrected chi connectivity index (χ4v) is 3.12. The standard InChI is InChI=1S/C13H11NOS2/c1-15-11-4-2-10(3-5-11)8-16-13-6-12(7-14)17-9-13/h2-6,9H,8H2,1H3. The van der Waals surface area contributed by atoms with Crippen LogP contribution >= 0.6 is 23.1 Å². The van der Waals surface area contributed by atoms with E-state index in [-0.39, 0.29) is 0 Å². The van der Waals surface area contributed by atoms with Gasteiger partial charge in [0.2, 0.25) is 0 Å². The van der Waals surface area contributed by atoms with Crippen LogP contribution in [-0.4, -0.2) is 7.11 Å². The van der Waals surface area contributed by atoms with Crippen LogP contribution in [0.4, 0.5) is 0 Å². The fourth-order valence-electron chi connectivity index (χ4n) is 1.34. The first-order valence-corrected chi connectivity index (χ1v) is 6.92. The lowest BCUT2D eigenvalue weighted by molar-refractivity contribution is 0.414. The summed E-state index contributed by atoms with van der Waals surface area (Å²) in [7, 11) is 1.67. The number of thiophene rings is 1. The minimum Gasteiger partial charge on any atom is -0.497 e. The molecule has 0 aliphatic carbocycles. The summed E-state index contributed by atoms with van der Waals surface area (Å²) in [6.07, 6.45) is 0. The smallest absolute Gasteiger partial charge is 0.118 e. The van der Waals surface area contributed by atoms with Crippen molar-refractivity contribution in [2.75, 3.05) is 7.11 Å². The molecule has 0 aliphatic heterocycles. The van der Waals surface area contributed by atoms with Crippen LogP contribution in [0, 0.1) is 11.3 Å². The molecular formula is C13H11NOS2. The second kappa shape index (κ2) is 5.76. The highest BCUT2D eigenvalue weighted by Gasteiger charge is 2.00. The zero-order valence-electron chi connectivity index (χ0n) is 9.34. The molecule has 0 bridgehead atoms. The monoisotopic (exact) mass is 261 g/mol. The Hall–Kier alpha value is -1.44. The molecule has 86 valence electrons. The predicted octanol–water partition coefficient (Wildman–Crippen LogP) is 3.92. The van der Waals surface area contributed by atoms with Gasteiger partial charge >= 0.3 is 0 Å². The quantitative estimate of drug-likeness (QED) is 0.782. The first kappa shape index (κ1) is 12.0. The molecule has 0 saturated heterocycles. The van der Waals surface area contributed by atoms with E-state index in [4.69, 9.17) is 10.00 Å². The molecule has 0 unspecified atom stereocenters. The Morgan fingerprint density at radius 3 is 2.71 bits per heavy atom. The zero-order valence-corrected chi connectivity index (χ0v) is 11.0. The Labute approximate surface area is 109 Å². The second-order valence-electron chi connectivity index (χ2n) is 3.40. The molecule has 2 aromatic rings. The molecule has 0 aliphatic rings. The topological polar surface area (TPSA) is 33.0 Å². The highest BCUT2D eigenvalue weighted by Crippen LogP contribution is 2.27. The maximum absolute atomic E-state index is 8.73. The Bertz CT molecular complexity index is 525. The van der Waals surface area contributed by atoms with Crippen LogP contribution in [0.25, 0.3) is 0 Å². The molecular weight excluding hydrogens is 250 g/mol. The van der Waals surface area contributed by atoms with Gasteiger partial charge in [0.1, 0.15) is 16.7 Å². The van der Waals surface area contributed by atoms with Crippen LogP contribution < -0.4 is 4.74 Å². The van der Waals surface area contributed by atoms with Crippen molar-refractivity contribution in [3.05, 3.63) is 46.2 Å². The summed E-state index contributed by atoms with van der Waals surface area (Å²) in [5, 5.41) is 10.8. The summed E-state index contributed by atoms with van der Waals surface area (Å²) in [6.45, 7) is 0. The molecule has 0 amide bonds. The molecule has 0 spiro atoms. The third-order valence-corrected chi connectivity index (χ3v) is 4.28. The van der Waals surface area contributed by atoms with Crippen molar-refractivity contribution < 1.29 is 4.74 Å². The lowest BCUT2D eigenvalue weighted by atomic mass is 10.2. The molecule has 17 heavy (non-hydrogen) atoms. The molecule has 2 rings (SSSR count). The predicted molar refractivity (Wildman–Crippen MR) is 71.6 cm³/mol. The Morgan fingerprint density at radius 2 is 2.12 bits per heavy atom. The summed E-state index contributed by atoms with van der Waals surface area (Å²) >= 11 is 3.23. The molecule has 0 fully saturated rings. The van der Waals surface area contributed by atoms with E-state index in [0.29, 0.717) is 0 Å². The van der Waals surface area contributed by atoms with Crippen LogP contribution in [0.2, 0.25) is 0 Å². The van der Waals surface area contributed by atoms with E-state index in [1.807, 2.05) is 23.6 Å². The van der Waals surface area contributed by atoms with Gasteiger partial charge in [0.15, 0.2) is 0 Å². The first-order valence-electron chi connectivity index (χ1n) is 5.06. The highest BCUT2D eigenvalue weighted by molar-refractivity contribution is 7.98. The average Bonchev–Trinajstić information content (AvgIpc) is 2.85. The maximum atomic E-state index is 8.73. The lowest BCUT2D eigenvalue weighted by Crippen LogP contribution is -1.83. The fraction of sp³-hybridized carbons (Fsp3) is 0.154. The second-order valence-corrected chi connectivity index (χ2v) is 5.36. The van der Waals surface area contributed by atoms with E-state index in [0.717, 1.165) is 21.3 Å². The van der Waals surface area contributed by atoms with Crippen molar-refractivity contribution in [3.63, 3.8) is 0 Å². The van der Waals surface area contributed by atoms with Gasteiger partial charge in [-0.05, 0) is 23.8 Å². The van der Waals surface area contributed by atoms with Crippen molar-refractivity contribution >= 4 is 23.1 Å². The summed E-state index contributed by atoms with van der Waals surface area (Å²) in [5.74, 6) is 1.78. The molecule has 0 radical (unpaired) electrons. The number of nitriles is 1. The normalized spacial score (nSPS) is 9.88. The van der Waals surface area contributed by atoms with Gasteiger partial charge in [-0.2, -0.15) is 5.26 Å². The summed E-state index contributed by atoms with van der Waals surface area (Å²) in [5.41, 5.74) is 1.25. The largest absolute Gasteiger partial charge is 0.497 e. The minimum absolute atomic E-state index is 0.766. The van der Waals surface area contributed by atoms with Gasteiger partial charge in [0, 0.05) is 16.0 Å². The third kappa shape index (κ3) is 3.26. The number of hydrogen-bond acceptors (Lipinski definition) is 4. The molecule has 1 aromatic heterocycles. The Morgan fingerprint density at radius 1 is 1.35 bits per heavy atom. The van der Waals surface area contributed by atoms with Gasteiger partial charge < -0.3 is 4.74 Å². The van der Waals surface area contributed by atoms with E-state index in [9.17, 15) is 0 Å². The van der Waals surface area contributed by atoms with Crippen molar-refractivity contribution in [2.45, 2.75) is 10.6 Å². The van der Waals surface area contributed by atoms with Crippen molar-refractivity contribution in [3.8, 4) is 11.8 Å². The van der Waals surface area contributed by atoms with E-state index < -0.39 is 0 Å². The molecule has 1 aromatic carbocycles. The number of thioether (sulfide) groups is 1. The molecule has 1 heterocycles. The first-order chi connectivity index (χ1) is 8.31. The van der Waals surface area contributed by atoms with Gasteiger partial charge in [-0.25, -0.2) is 0 Å². The SMILES string of the molecule is COc1ccc(CSc2csc(C#N)c2)cc1. The van der Waals surface area contributed by atoms with Crippen LogP contribution in [-0.2, 0) is 5.75 Å². The van der Waals surface area contributed by atoms with Crippen molar-refractivity contribution in [2.24, 2.45) is 0 Å². The molecule has 0 atom stereocenters. The third-order valence-electron chi connectivity index (χ3n) is 2.25. The number of methoxy groups -OCH3 is 1. The number of hydrogen-bond donors (Lipinski definition) is 0. The van der Waals surface area contributed by atoms with Crippen LogP contribution in [0.5, 0.6) is 5.75 Å². The Kier molecular flexibility index (Phi) is 4.08. The summed E-state index contributed by atoms with van der Waals surface area (Å²) < 4.78 is 5.11. The molecule has 0 saturated carbocycles. The lowest BCUT2D eigenvalue weighted by Gasteiger charge is -2.02. The van der Waals surface area contributed by atoms with Crippen LogP contribution in [0.15, 0.2) is 40.6 Å². The van der Waals surface area contributed by atoms with Crippen molar-refractivity contribution in [1.82, 2.24) is 0 Å². The van der Waals surface area contributed by atoms with Gasteiger partial charge in [0.25, 0.3) is 0 Å². The van der Waals surface area contributed by atoms with Gasteiger partial charge in [-0.1, -0.05) is 12.1 Å².